The number of methoxy groups -OCH3 is 1. The van der Waals surface area contributed by atoms with Crippen LogP contribution in [0.1, 0.15) is 11.4 Å². The van der Waals surface area contributed by atoms with E-state index in [0.717, 1.165) is 17.3 Å². The molecular formula is C18H17N5O4S. The van der Waals surface area contributed by atoms with Gasteiger partial charge in [0.05, 0.1) is 23.5 Å². The zero-order valence-corrected chi connectivity index (χ0v) is 15.7. The minimum Gasteiger partial charge on any atom is -0.495 e. The smallest absolute Gasteiger partial charge is 0.271 e. The Balaban J connectivity index is 1.58. The van der Waals surface area contributed by atoms with E-state index in [4.69, 9.17) is 4.74 Å². The van der Waals surface area contributed by atoms with E-state index in [1.165, 1.54) is 25.3 Å². The Morgan fingerprint density at radius 2 is 2.07 bits per heavy atom. The van der Waals surface area contributed by atoms with Gasteiger partial charge in [-0.15, -0.1) is 5.10 Å². The largest absolute Gasteiger partial charge is 0.495 e. The highest BCUT2D eigenvalue weighted by atomic mass is 32.2. The third kappa shape index (κ3) is 5.07. The first-order valence-corrected chi connectivity index (χ1v) is 9.24. The van der Waals surface area contributed by atoms with Gasteiger partial charge in [0.25, 0.3) is 5.69 Å². The number of hydrogen-bond acceptors (Lipinski definition) is 7. The van der Waals surface area contributed by atoms with Crippen LogP contribution in [0.4, 0.5) is 11.4 Å². The molecule has 1 heterocycles. The fourth-order valence-corrected chi connectivity index (χ4v) is 3.05. The maximum absolute atomic E-state index is 12.2. The van der Waals surface area contributed by atoms with Crippen molar-refractivity contribution in [1.82, 2.24) is 15.2 Å². The Hall–Kier alpha value is -3.40. The molecule has 10 heteroatoms. The van der Waals surface area contributed by atoms with Crippen LogP contribution < -0.4 is 10.1 Å². The van der Waals surface area contributed by atoms with Crippen LogP contribution in [0.3, 0.4) is 0 Å². The van der Waals surface area contributed by atoms with Crippen molar-refractivity contribution in [1.29, 1.82) is 0 Å². The van der Waals surface area contributed by atoms with E-state index in [2.05, 4.69) is 20.5 Å². The minimum absolute atomic E-state index is 0.0501. The summed E-state index contributed by atoms with van der Waals surface area (Å²) in [6.45, 7) is 0. The van der Waals surface area contributed by atoms with Crippen molar-refractivity contribution in [2.24, 2.45) is 0 Å². The fraction of sp³-hybridized carbons (Fsp3) is 0.167. The van der Waals surface area contributed by atoms with Gasteiger partial charge in [0.2, 0.25) is 11.1 Å². The van der Waals surface area contributed by atoms with Gasteiger partial charge in [0, 0.05) is 18.6 Å². The molecule has 0 spiro atoms. The van der Waals surface area contributed by atoms with Crippen molar-refractivity contribution in [2.75, 3.05) is 18.2 Å². The number of H-pyrrole nitrogens is 1. The quantitative estimate of drug-likeness (QED) is 0.339. The number of hydrogen-bond donors (Lipinski definition) is 2. The second-order valence-corrected chi connectivity index (χ2v) is 6.65. The number of benzene rings is 2. The SMILES string of the molecule is COc1ccc([N+](=O)[O-])cc1NC(=O)CSc1n[nH]c(Cc2ccccc2)n1. The topological polar surface area (TPSA) is 123 Å². The van der Waals surface area contributed by atoms with Crippen LogP contribution >= 0.6 is 11.8 Å². The summed E-state index contributed by atoms with van der Waals surface area (Å²) < 4.78 is 5.13. The summed E-state index contributed by atoms with van der Waals surface area (Å²) in [6.07, 6.45) is 0.617. The number of rotatable bonds is 8. The Morgan fingerprint density at radius 3 is 2.79 bits per heavy atom. The number of amides is 1. The third-order valence-electron chi connectivity index (χ3n) is 3.73. The molecule has 0 saturated carbocycles. The molecule has 2 N–H and O–H groups in total. The molecule has 0 fully saturated rings. The summed E-state index contributed by atoms with van der Waals surface area (Å²) in [7, 11) is 1.42. The zero-order valence-electron chi connectivity index (χ0n) is 14.9. The molecule has 1 amide bonds. The lowest BCUT2D eigenvalue weighted by Crippen LogP contribution is -2.15. The van der Waals surface area contributed by atoms with Crippen LogP contribution in [0.15, 0.2) is 53.7 Å². The van der Waals surface area contributed by atoms with Gasteiger partial charge >= 0.3 is 0 Å². The molecule has 0 aliphatic carbocycles. The van der Waals surface area contributed by atoms with Gasteiger partial charge in [0.15, 0.2) is 0 Å². The second kappa shape index (κ2) is 9.00. The molecule has 3 rings (SSSR count). The standard InChI is InChI=1S/C18H17N5O4S/c1-27-15-8-7-13(23(25)26)10-14(15)19-17(24)11-28-18-20-16(21-22-18)9-12-5-3-2-4-6-12/h2-8,10H,9,11H2,1H3,(H,19,24)(H,20,21,22). The number of carbonyl (C=O) groups is 1. The highest BCUT2D eigenvalue weighted by Crippen LogP contribution is 2.29. The minimum atomic E-state index is -0.536. The number of ether oxygens (including phenoxy) is 1. The predicted molar refractivity (Wildman–Crippen MR) is 105 cm³/mol. The Kier molecular flexibility index (Phi) is 6.22. The van der Waals surface area contributed by atoms with Gasteiger partial charge in [0.1, 0.15) is 11.6 Å². The van der Waals surface area contributed by atoms with Crippen LogP contribution in [0.25, 0.3) is 0 Å². The average molecular weight is 399 g/mol. The van der Waals surface area contributed by atoms with E-state index < -0.39 is 4.92 Å². The van der Waals surface area contributed by atoms with Crippen LogP contribution in [-0.2, 0) is 11.2 Å². The number of thioether (sulfide) groups is 1. The van der Waals surface area contributed by atoms with E-state index >= 15 is 0 Å². The molecule has 0 saturated heterocycles. The highest BCUT2D eigenvalue weighted by molar-refractivity contribution is 7.99. The van der Waals surface area contributed by atoms with Gasteiger partial charge in [-0.1, -0.05) is 42.1 Å². The molecule has 0 bridgehead atoms. The van der Waals surface area contributed by atoms with Crippen molar-refractivity contribution in [3.05, 3.63) is 70.0 Å². The number of nitro benzene ring substituents is 1. The Labute approximate surface area is 164 Å². The lowest BCUT2D eigenvalue weighted by atomic mass is 10.1. The molecule has 9 nitrogen and oxygen atoms in total. The monoisotopic (exact) mass is 399 g/mol. The molecule has 0 aliphatic heterocycles. The maximum Gasteiger partial charge on any atom is 0.271 e. The highest BCUT2D eigenvalue weighted by Gasteiger charge is 2.14. The van der Waals surface area contributed by atoms with Gasteiger partial charge in [-0.05, 0) is 11.6 Å². The number of aromatic nitrogens is 3. The van der Waals surface area contributed by atoms with E-state index in [1.54, 1.807) is 0 Å². The van der Waals surface area contributed by atoms with E-state index in [1.807, 2.05) is 30.3 Å². The normalized spacial score (nSPS) is 10.5. The van der Waals surface area contributed by atoms with Gasteiger partial charge in [-0.25, -0.2) is 4.98 Å². The molecule has 0 aliphatic rings. The van der Waals surface area contributed by atoms with Crippen LogP contribution in [0, 0.1) is 10.1 Å². The summed E-state index contributed by atoms with van der Waals surface area (Å²) in [6, 6.07) is 13.8. The van der Waals surface area contributed by atoms with Crippen LogP contribution in [-0.4, -0.2) is 38.9 Å². The van der Waals surface area contributed by atoms with Crippen molar-refractivity contribution < 1.29 is 14.5 Å². The summed E-state index contributed by atoms with van der Waals surface area (Å²) >= 11 is 1.16. The summed E-state index contributed by atoms with van der Waals surface area (Å²) in [4.78, 5) is 26.9. The molecule has 3 aromatic rings. The molecule has 0 unspecified atom stereocenters. The van der Waals surface area contributed by atoms with Crippen molar-refractivity contribution in [3.63, 3.8) is 0 Å². The maximum atomic E-state index is 12.2. The van der Waals surface area contributed by atoms with Crippen LogP contribution in [0.2, 0.25) is 0 Å². The number of non-ortho nitro benzene ring substituents is 1. The number of aromatic amines is 1. The number of nitrogens with zero attached hydrogens (tertiary/aromatic N) is 3. The zero-order chi connectivity index (χ0) is 19.9. The average Bonchev–Trinajstić information content (AvgIpc) is 3.14. The predicted octanol–water partition coefficient (Wildman–Crippen LogP) is 3.04. The Morgan fingerprint density at radius 1 is 1.29 bits per heavy atom. The third-order valence-corrected chi connectivity index (χ3v) is 4.57. The van der Waals surface area contributed by atoms with Gasteiger partial charge < -0.3 is 10.1 Å². The first-order valence-electron chi connectivity index (χ1n) is 8.25. The van der Waals surface area contributed by atoms with Gasteiger partial charge in [-0.2, -0.15) is 0 Å². The summed E-state index contributed by atoms with van der Waals surface area (Å²) in [5.41, 5.74) is 1.20. The van der Waals surface area contributed by atoms with Gasteiger partial charge in [-0.3, -0.25) is 20.0 Å². The number of nitro groups is 1. The lowest BCUT2D eigenvalue weighted by Gasteiger charge is -2.09. The first kappa shape index (κ1) is 19.4. The second-order valence-electron chi connectivity index (χ2n) is 5.71. The molecule has 0 radical (unpaired) electrons. The number of nitrogens with one attached hydrogen (secondary N) is 2. The number of anilines is 1. The van der Waals surface area contributed by atoms with Crippen LogP contribution in [0.5, 0.6) is 5.75 Å². The summed E-state index contributed by atoms with van der Waals surface area (Å²) in [5, 5.41) is 20.9. The molecule has 144 valence electrons. The van der Waals surface area contributed by atoms with E-state index in [-0.39, 0.29) is 23.0 Å². The van der Waals surface area contributed by atoms with Crippen molar-refractivity contribution in [3.8, 4) is 5.75 Å². The van der Waals surface area contributed by atoms with E-state index in [9.17, 15) is 14.9 Å². The molecule has 28 heavy (non-hydrogen) atoms. The lowest BCUT2D eigenvalue weighted by molar-refractivity contribution is -0.384. The first-order chi connectivity index (χ1) is 13.5. The molecule has 2 aromatic carbocycles. The van der Waals surface area contributed by atoms with Crippen molar-refractivity contribution in [2.45, 2.75) is 11.6 Å². The molecular weight excluding hydrogens is 382 g/mol. The van der Waals surface area contributed by atoms with Crippen molar-refractivity contribution >= 4 is 29.0 Å². The molecule has 1 aromatic heterocycles. The number of carbonyl (C=O) groups excluding carboxylic acids is 1. The molecule has 0 atom stereocenters. The fourth-order valence-electron chi connectivity index (χ4n) is 2.43. The Bertz CT molecular complexity index is 977. The summed E-state index contributed by atoms with van der Waals surface area (Å²) in [5.74, 6) is 0.744. The van der Waals surface area contributed by atoms with E-state index in [0.29, 0.717) is 23.2 Å².